The molecule has 1 saturated heterocycles. The number of aryl methyl sites for hydroxylation is 1. The van der Waals surface area contributed by atoms with Gasteiger partial charge in [-0.25, -0.2) is 0 Å². The van der Waals surface area contributed by atoms with Gasteiger partial charge in [0.15, 0.2) is 0 Å². The van der Waals surface area contributed by atoms with Gasteiger partial charge in [-0.3, -0.25) is 9.59 Å². The van der Waals surface area contributed by atoms with Crippen molar-refractivity contribution < 1.29 is 9.59 Å². The molecule has 5 nitrogen and oxygen atoms in total. The zero-order valence-corrected chi connectivity index (χ0v) is 17.0. The topological polar surface area (TPSA) is 52.7 Å². The number of benzene rings is 3. The summed E-state index contributed by atoms with van der Waals surface area (Å²) in [5.41, 5.74) is 4.30. The van der Waals surface area contributed by atoms with Gasteiger partial charge in [-0.15, -0.1) is 0 Å². The lowest BCUT2D eigenvalue weighted by molar-refractivity contribution is 0.0746. The number of carbonyl (C=O) groups excluding carboxylic acids is 2. The number of nitrogens with one attached hydrogen (secondary N) is 1. The van der Waals surface area contributed by atoms with Crippen LogP contribution in [-0.2, 0) is 0 Å². The maximum absolute atomic E-state index is 12.6. The van der Waals surface area contributed by atoms with E-state index in [0.29, 0.717) is 18.7 Å². The van der Waals surface area contributed by atoms with E-state index >= 15 is 0 Å². The molecule has 0 spiro atoms. The molecule has 2 amide bonds. The molecule has 0 atom stereocenters. The Kier molecular flexibility index (Phi) is 5.80. The molecule has 1 aliphatic heterocycles. The third-order valence-electron chi connectivity index (χ3n) is 5.36. The monoisotopic (exact) mass is 399 g/mol. The van der Waals surface area contributed by atoms with Crippen LogP contribution in [0.3, 0.4) is 0 Å². The highest BCUT2D eigenvalue weighted by Gasteiger charge is 2.22. The Morgan fingerprint density at radius 3 is 2.10 bits per heavy atom. The van der Waals surface area contributed by atoms with Crippen LogP contribution in [0.25, 0.3) is 0 Å². The van der Waals surface area contributed by atoms with Crippen molar-refractivity contribution in [1.29, 1.82) is 0 Å². The normalized spacial score (nSPS) is 13.8. The molecule has 4 rings (SSSR count). The summed E-state index contributed by atoms with van der Waals surface area (Å²) in [5.74, 6) is -0.0241. The number of nitrogens with zero attached hydrogens (tertiary/aromatic N) is 2. The van der Waals surface area contributed by atoms with Crippen LogP contribution in [0.4, 0.5) is 11.4 Å². The maximum Gasteiger partial charge on any atom is 0.255 e. The fourth-order valence-corrected chi connectivity index (χ4v) is 3.68. The van der Waals surface area contributed by atoms with E-state index in [0.717, 1.165) is 35.6 Å². The van der Waals surface area contributed by atoms with Gasteiger partial charge in [0.2, 0.25) is 0 Å². The van der Waals surface area contributed by atoms with Gasteiger partial charge < -0.3 is 15.1 Å². The van der Waals surface area contributed by atoms with E-state index < -0.39 is 0 Å². The summed E-state index contributed by atoms with van der Waals surface area (Å²) in [6.07, 6.45) is 0. The van der Waals surface area contributed by atoms with Crippen molar-refractivity contribution in [3.05, 3.63) is 95.6 Å². The Labute approximate surface area is 176 Å². The van der Waals surface area contributed by atoms with Crippen LogP contribution in [0.2, 0.25) is 0 Å². The second-order valence-corrected chi connectivity index (χ2v) is 7.52. The van der Waals surface area contributed by atoms with E-state index in [1.165, 1.54) is 0 Å². The molecule has 30 heavy (non-hydrogen) atoms. The van der Waals surface area contributed by atoms with E-state index in [2.05, 4.69) is 10.2 Å². The molecule has 0 aromatic heterocycles. The van der Waals surface area contributed by atoms with E-state index in [-0.39, 0.29) is 11.8 Å². The van der Waals surface area contributed by atoms with Gasteiger partial charge in [-0.05, 0) is 55.5 Å². The largest absolute Gasteiger partial charge is 0.368 e. The Bertz CT molecular complexity index is 1020. The lowest BCUT2D eigenvalue weighted by Gasteiger charge is -2.36. The van der Waals surface area contributed by atoms with Gasteiger partial charge in [-0.1, -0.05) is 35.9 Å². The second kappa shape index (κ2) is 8.82. The predicted molar refractivity (Wildman–Crippen MR) is 120 cm³/mol. The number of piperazine rings is 1. The van der Waals surface area contributed by atoms with E-state index in [1.54, 1.807) is 0 Å². The van der Waals surface area contributed by atoms with Gasteiger partial charge in [0.25, 0.3) is 11.8 Å². The van der Waals surface area contributed by atoms with Crippen LogP contribution in [0.1, 0.15) is 26.3 Å². The molecule has 0 radical (unpaired) electrons. The second-order valence-electron chi connectivity index (χ2n) is 7.52. The minimum atomic E-state index is -0.112. The van der Waals surface area contributed by atoms with Crippen molar-refractivity contribution in [1.82, 2.24) is 4.90 Å². The summed E-state index contributed by atoms with van der Waals surface area (Å²) in [6.45, 7) is 4.93. The predicted octanol–water partition coefficient (Wildman–Crippen LogP) is 4.21. The van der Waals surface area contributed by atoms with Crippen LogP contribution in [0, 0.1) is 6.92 Å². The van der Waals surface area contributed by atoms with Crippen molar-refractivity contribution >= 4 is 23.2 Å². The van der Waals surface area contributed by atoms with Gasteiger partial charge in [0.05, 0.1) is 0 Å². The van der Waals surface area contributed by atoms with Crippen molar-refractivity contribution in [2.45, 2.75) is 6.92 Å². The Balaban J connectivity index is 1.34. The molecule has 0 bridgehead atoms. The van der Waals surface area contributed by atoms with Gasteiger partial charge >= 0.3 is 0 Å². The summed E-state index contributed by atoms with van der Waals surface area (Å²) in [5, 5.41) is 2.95. The maximum atomic E-state index is 12.6. The minimum Gasteiger partial charge on any atom is -0.368 e. The fraction of sp³-hybridized carbons (Fsp3) is 0.200. The molecule has 0 aliphatic carbocycles. The Hall–Kier alpha value is -3.60. The molecule has 1 aliphatic rings. The zero-order valence-electron chi connectivity index (χ0n) is 17.0. The highest BCUT2D eigenvalue weighted by molar-refractivity contribution is 6.04. The zero-order chi connectivity index (χ0) is 20.9. The molecule has 1 fully saturated rings. The molecule has 5 heteroatoms. The molecule has 1 heterocycles. The van der Waals surface area contributed by atoms with Crippen LogP contribution in [0.15, 0.2) is 78.9 Å². The number of amides is 2. The first-order valence-corrected chi connectivity index (χ1v) is 10.2. The molecule has 152 valence electrons. The first-order chi connectivity index (χ1) is 14.6. The van der Waals surface area contributed by atoms with E-state index in [9.17, 15) is 9.59 Å². The number of hydrogen-bond acceptors (Lipinski definition) is 3. The van der Waals surface area contributed by atoms with Gasteiger partial charge in [-0.2, -0.15) is 0 Å². The fourth-order valence-electron chi connectivity index (χ4n) is 3.68. The molecular formula is C25H25N3O2. The van der Waals surface area contributed by atoms with Crippen molar-refractivity contribution in [2.75, 3.05) is 36.4 Å². The van der Waals surface area contributed by atoms with Crippen molar-refractivity contribution in [3.8, 4) is 0 Å². The standard InChI is InChI=1S/C25H25N3O2/c1-19-6-5-9-21(18-19)24(29)26-22-10-12-23(13-11-22)27-14-16-28(17-15-27)25(30)20-7-3-2-4-8-20/h2-13,18H,14-17H2,1H3,(H,26,29). The minimum absolute atomic E-state index is 0.0875. The third-order valence-corrected chi connectivity index (χ3v) is 5.36. The number of hydrogen-bond donors (Lipinski definition) is 1. The van der Waals surface area contributed by atoms with Crippen LogP contribution in [-0.4, -0.2) is 42.9 Å². The average molecular weight is 399 g/mol. The lowest BCUT2D eigenvalue weighted by Crippen LogP contribution is -2.48. The molecule has 3 aromatic rings. The Morgan fingerprint density at radius 1 is 0.767 bits per heavy atom. The smallest absolute Gasteiger partial charge is 0.255 e. The molecule has 0 saturated carbocycles. The Morgan fingerprint density at radius 2 is 1.43 bits per heavy atom. The molecule has 1 N–H and O–H groups in total. The summed E-state index contributed by atoms with van der Waals surface area (Å²) in [4.78, 5) is 29.2. The average Bonchev–Trinajstić information content (AvgIpc) is 2.80. The summed E-state index contributed by atoms with van der Waals surface area (Å²) < 4.78 is 0. The summed E-state index contributed by atoms with van der Waals surface area (Å²) in [6, 6.07) is 24.8. The first-order valence-electron chi connectivity index (χ1n) is 10.2. The van der Waals surface area contributed by atoms with Crippen LogP contribution >= 0.6 is 0 Å². The highest BCUT2D eigenvalue weighted by atomic mass is 16.2. The third kappa shape index (κ3) is 4.51. The van der Waals surface area contributed by atoms with E-state index in [1.807, 2.05) is 90.7 Å². The quantitative estimate of drug-likeness (QED) is 0.715. The van der Waals surface area contributed by atoms with Crippen molar-refractivity contribution in [2.24, 2.45) is 0 Å². The lowest BCUT2D eigenvalue weighted by atomic mass is 10.1. The SMILES string of the molecule is Cc1cccc(C(=O)Nc2ccc(N3CCN(C(=O)c4ccccc4)CC3)cc2)c1. The summed E-state index contributed by atoms with van der Waals surface area (Å²) in [7, 11) is 0. The van der Waals surface area contributed by atoms with Gasteiger partial charge in [0, 0.05) is 48.7 Å². The first kappa shape index (κ1) is 19.7. The van der Waals surface area contributed by atoms with Crippen LogP contribution in [0.5, 0.6) is 0 Å². The molecule has 0 unspecified atom stereocenters. The number of carbonyl (C=O) groups is 2. The van der Waals surface area contributed by atoms with Crippen LogP contribution < -0.4 is 10.2 Å². The molecular weight excluding hydrogens is 374 g/mol. The van der Waals surface area contributed by atoms with Crippen molar-refractivity contribution in [3.63, 3.8) is 0 Å². The van der Waals surface area contributed by atoms with Gasteiger partial charge in [0.1, 0.15) is 0 Å². The summed E-state index contributed by atoms with van der Waals surface area (Å²) >= 11 is 0. The molecule has 3 aromatic carbocycles. The number of rotatable bonds is 4. The number of anilines is 2. The highest BCUT2D eigenvalue weighted by Crippen LogP contribution is 2.21. The van der Waals surface area contributed by atoms with E-state index in [4.69, 9.17) is 0 Å².